The van der Waals surface area contributed by atoms with Crippen LogP contribution in [0.15, 0.2) is 40.6 Å². The van der Waals surface area contributed by atoms with Crippen LogP contribution in [0.1, 0.15) is 22.8 Å². The Labute approximate surface area is 147 Å². The fourth-order valence-corrected chi connectivity index (χ4v) is 3.89. The molecular weight excluding hydrogens is 334 g/mol. The van der Waals surface area contributed by atoms with Gasteiger partial charge in [-0.25, -0.2) is 9.97 Å². The summed E-state index contributed by atoms with van der Waals surface area (Å²) >= 11 is 1.51. The molecule has 6 heteroatoms. The molecule has 0 unspecified atom stereocenters. The van der Waals surface area contributed by atoms with Crippen molar-refractivity contribution in [2.45, 2.75) is 13.8 Å². The highest BCUT2D eigenvalue weighted by Crippen LogP contribution is 2.30. The number of Topliss-reactive ketones (excluding diaryl/α,β-unsaturated/α-hetero) is 1. The molecule has 2 aromatic heterocycles. The molecule has 124 valence electrons. The number of fused-ring (bicyclic) bond motifs is 2. The Hall–Kier alpha value is -2.86. The third-order valence-electron chi connectivity index (χ3n) is 4.30. The lowest BCUT2D eigenvalue weighted by molar-refractivity contribution is 0.101. The number of carbonyl (C=O) groups is 1. The average molecular weight is 349 g/mol. The predicted octanol–water partition coefficient (Wildman–Crippen LogP) is 3.72. The minimum atomic E-state index is -0.160. The minimum absolute atomic E-state index is 0.101. The molecule has 0 saturated carbocycles. The van der Waals surface area contributed by atoms with Gasteiger partial charge in [-0.2, -0.15) is 0 Å². The molecule has 0 aliphatic rings. The van der Waals surface area contributed by atoms with Crippen molar-refractivity contribution in [3.8, 4) is 11.4 Å². The molecule has 4 rings (SSSR count). The summed E-state index contributed by atoms with van der Waals surface area (Å²) in [5.41, 5.74) is 5.13. The number of rotatable bonds is 2. The summed E-state index contributed by atoms with van der Waals surface area (Å²) in [5.74, 6) is 0.440. The molecule has 4 aromatic rings. The van der Waals surface area contributed by atoms with Gasteiger partial charge in [-0.3, -0.25) is 14.2 Å². The highest BCUT2D eigenvalue weighted by molar-refractivity contribution is 7.17. The van der Waals surface area contributed by atoms with E-state index in [-0.39, 0.29) is 11.3 Å². The minimum Gasteiger partial charge on any atom is -0.295 e. The van der Waals surface area contributed by atoms with Gasteiger partial charge in [0.25, 0.3) is 5.56 Å². The summed E-state index contributed by atoms with van der Waals surface area (Å²) in [6.07, 6.45) is 0. The van der Waals surface area contributed by atoms with Crippen molar-refractivity contribution in [2.24, 2.45) is 7.05 Å². The van der Waals surface area contributed by atoms with Gasteiger partial charge in [0, 0.05) is 18.2 Å². The molecule has 2 aromatic carbocycles. The molecule has 0 amide bonds. The summed E-state index contributed by atoms with van der Waals surface area (Å²) in [4.78, 5) is 34.0. The van der Waals surface area contributed by atoms with Gasteiger partial charge in [0.2, 0.25) is 0 Å². The van der Waals surface area contributed by atoms with Crippen molar-refractivity contribution in [1.82, 2.24) is 14.5 Å². The van der Waals surface area contributed by atoms with Gasteiger partial charge in [0.15, 0.2) is 5.78 Å². The van der Waals surface area contributed by atoms with Crippen LogP contribution in [-0.4, -0.2) is 20.3 Å². The summed E-state index contributed by atoms with van der Waals surface area (Å²) < 4.78 is 2.51. The van der Waals surface area contributed by atoms with E-state index < -0.39 is 0 Å². The predicted molar refractivity (Wildman–Crippen MR) is 100 cm³/mol. The maximum Gasteiger partial charge on any atom is 0.261 e. The first-order valence-corrected chi connectivity index (χ1v) is 8.70. The molecule has 0 bridgehead atoms. The van der Waals surface area contributed by atoms with Crippen LogP contribution >= 0.6 is 11.3 Å². The number of ketones is 1. The molecular formula is C19H15N3O2S. The Bertz CT molecular complexity index is 1220. The Morgan fingerprint density at radius 1 is 1.24 bits per heavy atom. The number of hydrogen-bond donors (Lipinski definition) is 0. The topological polar surface area (TPSA) is 64.8 Å². The Morgan fingerprint density at radius 3 is 2.80 bits per heavy atom. The van der Waals surface area contributed by atoms with E-state index in [4.69, 9.17) is 4.98 Å². The van der Waals surface area contributed by atoms with Gasteiger partial charge in [-0.15, -0.1) is 11.3 Å². The first kappa shape index (κ1) is 15.7. The largest absolute Gasteiger partial charge is 0.295 e. The number of carbonyl (C=O) groups excluding carboxylic acids is 1. The fraction of sp³-hybridized carbons (Fsp3) is 0.158. The van der Waals surface area contributed by atoms with Crippen LogP contribution in [0.3, 0.4) is 0 Å². The highest BCUT2D eigenvalue weighted by atomic mass is 32.1. The van der Waals surface area contributed by atoms with E-state index in [1.54, 1.807) is 29.3 Å². The Balaban J connectivity index is 2.16. The average Bonchev–Trinajstić information content (AvgIpc) is 3.06. The van der Waals surface area contributed by atoms with Crippen molar-refractivity contribution in [2.75, 3.05) is 0 Å². The Morgan fingerprint density at radius 2 is 2.04 bits per heavy atom. The van der Waals surface area contributed by atoms with E-state index >= 15 is 0 Å². The quantitative estimate of drug-likeness (QED) is 0.517. The Kier molecular flexibility index (Phi) is 3.51. The molecule has 0 radical (unpaired) electrons. The van der Waals surface area contributed by atoms with E-state index in [0.717, 1.165) is 21.3 Å². The molecule has 25 heavy (non-hydrogen) atoms. The summed E-state index contributed by atoms with van der Waals surface area (Å²) in [6.45, 7) is 3.37. The standard InChI is InChI=1S/C19H15N3O2S/c1-10-7-13(11(2)23)16-14(8-10)19(24)22(3)18(21-16)12-5-4-6-15-17(12)25-9-20-15/h4-9H,1-3H3. The third kappa shape index (κ3) is 2.37. The van der Waals surface area contributed by atoms with Crippen LogP contribution in [0.4, 0.5) is 0 Å². The summed E-state index contributed by atoms with van der Waals surface area (Å²) in [7, 11) is 1.71. The van der Waals surface area contributed by atoms with Crippen LogP contribution in [0.25, 0.3) is 32.5 Å². The summed E-state index contributed by atoms with van der Waals surface area (Å²) in [5, 5.41) is 0.466. The lowest BCUT2D eigenvalue weighted by Gasteiger charge is -2.12. The molecule has 0 N–H and O–H groups in total. The lowest BCUT2D eigenvalue weighted by atomic mass is 10.0. The van der Waals surface area contributed by atoms with Crippen LogP contribution in [0.5, 0.6) is 0 Å². The van der Waals surface area contributed by atoms with E-state index in [1.165, 1.54) is 18.3 Å². The zero-order valence-corrected chi connectivity index (χ0v) is 14.8. The van der Waals surface area contributed by atoms with Crippen molar-refractivity contribution in [1.29, 1.82) is 0 Å². The number of thiazole rings is 1. The van der Waals surface area contributed by atoms with Crippen molar-refractivity contribution >= 4 is 38.2 Å². The molecule has 0 aliphatic carbocycles. The van der Waals surface area contributed by atoms with Gasteiger partial charge < -0.3 is 0 Å². The number of nitrogens with zero attached hydrogens (tertiary/aromatic N) is 3. The van der Waals surface area contributed by atoms with Crippen molar-refractivity contribution < 1.29 is 4.79 Å². The van der Waals surface area contributed by atoms with Crippen LogP contribution in [-0.2, 0) is 7.05 Å². The van der Waals surface area contributed by atoms with Crippen LogP contribution < -0.4 is 5.56 Å². The third-order valence-corrected chi connectivity index (χ3v) is 5.18. The second-order valence-electron chi connectivity index (χ2n) is 6.07. The summed E-state index contributed by atoms with van der Waals surface area (Å²) in [6, 6.07) is 9.33. The van der Waals surface area contributed by atoms with Gasteiger partial charge in [-0.1, -0.05) is 6.07 Å². The molecule has 5 nitrogen and oxygen atoms in total. The van der Waals surface area contributed by atoms with Gasteiger partial charge >= 0.3 is 0 Å². The smallest absolute Gasteiger partial charge is 0.261 e. The number of aromatic nitrogens is 3. The van der Waals surface area contributed by atoms with Gasteiger partial charge in [0.1, 0.15) is 5.82 Å². The first-order valence-electron chi connectivity index (χ1n) is 7.82. The van der Waals surface area contributed by atoms with Crippen LogP contribution in [0.2, 0.25) is 0 Å². The maximum absolute atomic E-state index is 12.9. The zero-order chi connectivity index (χ0) is 17.7. The molecule has 0 spiro atoms. The molecule has 0 fully saturated rings. The van der Waals surface area contributed by atoms with Crippen molar-refractivity contribution in [3.63, 3.8) is 0 Å². The van der Waals surface area contributed by atoms with Gasteiger partial charge in [-0.05, 0) is 43.7 Å². The second-order valence-corrected chi connectivity index (χ2v) is 6.93. The molecule has 0 saturated heterocycles. The van der Waals surface area contributed by atoms with Gasteiger partial charge in [0.05, 0.1) is 26.6 Å². The number of aryl methyl sites for hydroxylation is 1. The highest BCUT2D eigenvalue weighted by Gasteiger charge is 2.17. The molecule has 0 atom stereocenters. The van der Waals surface area contributed by atoms with E-state index in [2.05, 4.69) is 4.98 Å². The molecule has 0 aliphatic heterocycles. The normalized spacial score (nSPS) is 11.3. The SMILES string of the molecule is CC(=O)c1cc(C)cc2c(=O)n(C)c(-c3cccc4ncsc34)nc12. The first-order chi connectivity index (χ1) is 12.0. The van der Waals surface area contributed by atoms with Crippen molar-refractivity contribution in [3.05, 3.63) is 57.3 Å². The number of benzene rings is 2. The second kappa shape index (κ2) is 5.60. The van der Waals surface area contributed by atoms with Crippen LogP contribution in [0, 0.1) is 6.92 Å². The monoisotopic (exact) mass is 349 g/mol. The zero-order valence-electron chi connectivity index (χ0n) is 14.0. The van der Waals surface area contributed by atoms with E-state index in [1.807, 2.05) is 25.1 Å². The molecule has 2 heterocycles. The lowest BCUT2D eigenvalue weighted by Crippen LogP contribution is -2.21. The fourth-order valence-electron chi connectivity index (χ4n) is 3.09. The maximum atomic E-state index is 12.9. The van der Waals surface area contributed by atoms with E-state index in [0.29, 0.717) is 22.3 Å². The number of hydrogen-bond acceptors (Lipinski definition) is 5. The van der Waals surface area contributed by atoms with E-state index in [9.17, 15) is 9.59 Å².